The van der Waals surface area contributed by atoms with Gasteiger partial charge in [0.05, 0.1) is 10.0 Å². The number of aliphatic hydroxyl groups is 1. The predicted octanol–water partition coefficient (Wildman–Crippen LogP) is 4.37. The van der Waals surface area contributed by atoms with E-state index in [4.69, 9.17) is 0 Å². The van der Waals surface area contributed by atoms with Gasteiger partial charge in [-0.1, -0.05) is 0 Å². The molecular weight excluding hydrogens is 326 g/mol. The molecule has 0 heterocycles. The number of rotatable bonds is 1. The van der Waals surface area contributed by atoms with E-state index in [1.165, 1.54) is 18.6 Å². The Morgan fingerprint density at radius 2 is 1.55 bits per heavy atom. The lowest BCUT2D eigenvalue weighted by molar-refractivity contribution is -0.182. The van der Waals surface area contributed by atoms with E-state index in [9.17, 15) is 13.9 Å². The molecule has 5 rings (SSSR count). The summed E-state index contributed by atoms with van der Waals surface area (Å²) in [6.07, 6.45) is 4.89. The fourth-order valence-corrected chi connectivity index (χ4v) is 5.54. The summed E-state index contributed by atoms with van der Waals surface area (Å²) in [5, 5.41) is 11.2. The van der Waals surface area contributed by atoms with E-state index in [0.717, 1.165) is 25.7 Å². The molecule has 4 saturated carbocycles. The van der Waals surface area contributed by atoms with Crippen molar-refractivity contribution in [1.29, 1.82) is 0 Å². The van der Waals surface area contributed by atoms with Crippen molar-refractivity contribution in [2.24, 2.45) is 23.7 Å². The summed E-state index contributed by atoms with van der Waals surface area (Å²) >= 11 is 3.12. The Balaban J connectivity index is 1.87. The van der Waals surface area contributed by atoms with Crippen LogP contribution in [0.5, 0.6) is 0 Å². The molecule has 0 amide bonds. The van der Waals surface area contributed by atoms with E-state index in [1.54, 1.807) is 0 Å². The van der Waals surface area contributed by atoms with Crippen molar-refractivity contribution in [2.45, 2.75) is 37.7 Å². The van der Waals surface area contributed by atoms with Crippen LogP contribution in [-0.4, -0.2) is 5.11 Å². The maximum Gasteiger partial charge on any atom is 0.146 e. The average Bonchev–Trinajstić information content (AvgIpc) is 2.40. The van der Waals surface area contributed by atoms with Crippen LogP contribution < -0.4 is 0 Å². The highest BCUT2D eigenvalue weighted by atomic mass is 79.9. The van der Waals surface area contributed by atoms with Gasteiger partial charge in [0.1, 0.15) is 17.2 Å². The van der Waals surface area contributed by atoms with Crippen molar-refractivity contribution in [3.8, 4) is 0 Å². The molecule has 4 heteroatoms. The van der Waals surface area contributed by atoms with E-state index in [0.29, 0.717) is 11.8 Å². The minimum atomic E-state index is -1.31. The van der Waals surface area contributed by atoms with Gasteiger partial charge in [-0.2, -0.15) is 0 Å². The van der Waals surface area contributed by atoms with Crippen LogP contribution in [0.1, 0.15) is 37.7 Å². The Labute approximate surface area is 125 Å². The number of hydrogen-bond acceptors (Lipinski definition) is 1. The lowest BCUT2D eigenvalue weighted by Crippen LogP contribution is -2.56. The topological polar surface area (TPSA) is 20.2 Å². The van der Waals surface area contributed by atoms with Crippen LogP contribution >= 0.6 is 15.9 Å². The number of hydrogen-bond donors (Lipinski definition) is 1. The maximum absolute atomic E-state index is 14.5. The molecule has 4 bridgehead atoms. The van der Waals surface area contributed by atoms with Gasteiger partial charge >= 0.3 is 0 Å². The maximum atomic E-state index is 14.5. The second-order valence-electron chi connectivity index (χ2n) is 6.85. The summed E-state index contributed by atoms with van der Waals surface area (Å²) in [4.78, 5) is 0. The Morgan fingerprint density at radius 3 is 2.10 bits per heavy atom. The molecule has 0 unspecified atom stereocenters. The van der Waals surface area contributed by atoms with Crippen LogP contribution in [0.15, 0.2) is 16.6 Å². The fourth-order valence-electron chi connectivity index (χ4n) is 5.21. The first-order valence-electron chi connectivity index (χ1n) is 7.36. The summed E-state index contributed by atoms with van der Waals surface area (Å²) in [5.41, 5.74) is -1.41. The lowest BCUT2D eigenvalue weighted by Gasteiger charge is -2.59. The highest BCUT2D eigenvalue weighted by molar-refractivity contribution is 9.10. The number of halogens is 3. The van der Waals surface area contributed by atoms with Gasteiger partial charge in [-0.25, -0.2) is 8.78 Å². The average molecular weight is 343 g/mol. The molecule has 4 fully saturated rings. The van der Waals surface area contributed by atoms with Gasteiger partial charge in [-0.3, -0.25) is 0 Å². The Kier molecular flexibility index (Phi) is 2.81. The van der Waals surface area contributed by atoms with Crippen molar-refractivity contribution in [3.63, 3.8) is 0 Å². The highest BCUT2D eigenvalue weighted by Gasteiger charge is 2.58. The quantitative estimate of drug-likeness (QED) is 0.751. The fraction of sp³-hybridized carbons (Fsp3) is 0.625. The normalized spacial score (nSPS) is 42.2. The molecule has 0 saturated heterocycles. The highest BCUT2D eigenvalue weighted by Crippen LogP contribution is 2.62. The monoisotopic (exact) mass is 342 g/mol. The van der Waals surface area contributed by atoms with Gasteiger partial charge in [-0.05, 0) is 83.8 Å². The van der Waals surface area contributed by atoms with Crippen molar-refractivity contribution < 1.29 is 13.9 Å². The first kappa shape index (κ1) is 13.2. The van der Waals surface area contributed by atoms with Crippen LogP contribution in [0, 0.1) is 35.3 Å². The summed E-state index contributed by atoms with van der Waals surface area (Å²) < 4.78 is 28.9. The number of benzene rings is 1. The molecule has 0 radical (unpaired) electrons. The zero-order valence-corrected chi connectivity index (χ0v) is 12.7. The molecule has 1 aromatic rings. The molecule has 1 nitrogen and oxygen atoms in total. The zero-order valence-electron chi connectivity index (χ0n) is 11.1. The summed E-state index contributed by atoms with van der Waals surface area (Å²) in [5.74, 6) is 0.0850. The minimum absolute atomic E-state index is 0.0112. The van der Waals surface area contributed by atoms with Gasteiger partial charge in [0.15, 0.2) is 0 Å². The van der Waals surface area contributed by atoms with Crippen LogP contribution in [0.25, 0.3) is 0 Å². The second-order valence-corrected chi connectivity index (χ2v) is 7.70. The molecule has 0 atom stereocenters. The standard InChI is InChI=1S/C16H17BrF2O/c17-12-1-2-13(18)14(15(12)19)16(20)10-4-8-3-9(6-10)7-11(16)5-8/h1-2,8-11,20H,3-7H2. The van der Waals surface area contributed by atoms with E-state index in [2.05, 4.69) is 15.9 Å². The first-order chi connectivity index (χ1) is 9.50. The van der Waals surface area contributed by atoms with Crippen LogP contribution in [0.4, 0.5) is 8.78 Å². The molecule has 0 aromatic heterocycles. The third-order valence-electron chi connectivity index (χ3n) is 5.83. The van der Waals surface area contributed by atoms with E-state index >= 15 is 0 Å². The van der Waals surface area contributed by atoms with Gasteiger partial charge in [0.2, 0.25) is 0 Å². The van der Waals surface area contributed by atoms with Crippen LogP contribution in [0.2, 0.25) is 0 Å². The summed E-state index contributed by atoms with van der Waals surface area (Å²) in [7, 11) is 0. The molecule has 1 aromatic carbocycles. The molecule has 108 valence electrons. The second kappa shape index (κ2) is 4.26. The molecular formula is C16H17BrF2O. The van der Waals surface area contributed by atoms with Crippen molar-refractivity contribution in [1.82, 2.24) is 0 Å². The zero-order chi connectivity index (χ0) is 14.1. The summed E-state index contributed by atoms with van der Waals surface area (Å²) in [6, 6.07) is 2.62. The molecule has 0 aliphatic heterocycles. The van der Waals surface area contributed by atoms with Crippen molar-refractivity contribution >= 4 is 15.9 Å². The third kappa shape index (κ3) is 1.61. The Hall–Kier alpha value is -0.480. The SMILES string of the molecule is OC1(c2c(F)ccc(Br)c2F)C2CC3CC(C2)CC1C3. The smallest absolute Gasteiger partial charge is 0.146 e. The first-order valence-corrected chi connectivity index (χ1v) is 8.15. The minimum Gasteiger partial charge on any atom is -0.384 e. The third-order valence-corrected chi connectivity index (χ3v) is 6.44. The van der Waals surface area contributed by atoms with Crippen LogP contribution in [0.3, 0.4) is 0 Å². The van der Waals surface area contributed by atoms with Crippen molar-refractivity contribution in [3.05, 3.63) is 33.8 Å². The lowest BCUT2D eigenvalue weighted by atomic mass is 9.48. The Morgan fingerprint density at radius 1 is 1.00 bits per heavy atom. The van der Waals surface area contributed by atoms with Crippen LogP contribution in [-0.2, 0) is 5.60 Å². The van der Waals surface area contributed by atoms with E-state index in [1.807, 2.05) is 0 Å². The van der Waals surface area contributed by atoms with Gasteiger partial charge in [0, 0.05) is 0 Å². The largest absolute Gasteiger partial charge is 0.384 e. The van der Waals surface area contributed by atoms with E-state index in [-0.39, 0.29) is 21.9 Å². The Bertz CT molecular complexity index is 544. The van der Waals surface area contributed by atoms with Gasteiger partial charge < -0.3 is 5.11 Å². The molecule has 1 N–H and O–H groups in total. The predicted molar refractivity (Wildman–Crippen MR) is 75.0 cm³/mol. The van der Waals surface area contributed by atoms with E-state index < -0.39 is 17.2 Å². The van der Waals surface area contributed by atoms with Gasteiger partial charge in [0.25, 0.3) is 0 Å². The summed E-state index contributed by atoms with van der Waals surface area (Å²) in [6.45, 7) is 0. The molecule has 0 spiro atoms. The molecule has 4 aliphatic carbocycles. The van der Waals surface area contributed by atoms with Gasteiger partial charge in [-0.15, -0.1) is 0 Å². The van der Waals surface area contributed by atoms with Crippen molar-refractivity contribution in [2.75, 3.05) is 0 Å². The molecule has 20 heavy (non-hydrogen) atoms. The molecule has 4 aliphatic rings.